The smallest absolute Gasteiger partial charge is 0.308 e. The van der Waals surface area contributed by atoms with Crippen LogP contribution in [0.25, 0.3) is 0 Å². The van der Waals surface area contributed by atoms with Crippen molar-refractivity contribution in [3.8, 4) is 0 Å². The highest BCUT2D eigenvalue weighted by Crippen LogP contribution is 2.08. The summed E-state index contributed by atoms with van der Waals surface area (Å²) in [6.45, 7) is 13.3. The van der Waals surface area contributed by atoms with Gasteiger partial charge in [0.2, 0.25) is 0 Å². The summed E-state index contributed by atoms with van der Waals surface area (Å²) in [6.07, 6.45) is 6.30. The Balaban J connectivity index is 3.17. The number of carbonyl (C=O) groups is 2. The molecule has 10 nitrogen and oxygen atoms in total. The van der Waals surface area contributed by atoms with Gasteiger partial charge in [0.25, 0.3) is 0 Å². The summed E-state index contributed by atoms with van der Waals surface area (Å²) in [5, 5.41) is 0. The Morgan fingerprint density at radius 1 is 0.486 bits per heavy atom. The maximum atomic E-state index is 11.6. The summed E-state index contributed by atoms with van der Waals surface area (Å²) in [5.74, 6) is -0.414. The molecular weight excluding hydrogens is 484 g/mol. The maximum absolute atomic E-state index is 11.6. The van der Waals surface area contributed by atoms with Gasteiger partial charge >= 0.3 is 11.9 Å². The number of unbranched alkanes of at least 4 members (excludes halogenated alkanes) is 4. The number of carbonyl (C=O) groups excluding carboxylic acids is 2. The average molecular weight is 537 g/mol. The summed E-state index contributed by atoms with van der Waals surface area (Å²) < 4.78 is 42.8. The van der Waals surface area contributed by atoms with Crippen molar-refractivity contribution < 1.29 is 47.5 Å². The topological polar surface area (TPSA) is 108 Å². The van der Waals surface area contributed by atoms with Crippen LogP contribution in [-0.2, 0) is 47.5 Å². The van der Waals surface area contributed by atoms with Crippen molar-refractivity contribution in [3.05, 3.63) is 0 Å². The molecule has 0 amide bonds. The minimum Gasteiger partial charge on any atom is -0.463 e. The summed E-state index contributed by atoms with van der Waals surface area (Å²) in [5.41, 5.74) is -0.470. The standard InChI is InChI=1S/C27H52O10/c1-5-6-7-8-9-10-25(28)36-24-23-35-22-21-34-20-19-33-18-17-32-16-15-31-14-13-30-12-11-26(29)37-27(2,3)4/h5-24H2,1-4H3. The third-order valence-electron chi connectivity index (χ3n) is 4.71. The van der Waals surface area contributed by atoms with Crippen LogP contribution in [0.2, 0.25) is 0 Å². The minimum absolute atomic E-state index is 0.150. The van der Waals surface area contributed by atoms with Gasteiger partial charge in [0, 0.05) is 6.42 Å². The predicted octanol–water partition coefficient (Wildman–Crippen LogP) is 3.72. The van der Waals surface area contributed by atoms with Gasteiger partial charge in [-0.1, -0.05) is 32.6 Å². The first-order valence-electron chi connectivity index (χ1n) is 13.7. The first kappa shape index (κ1) is 35.7. The maximum Gasteiger partial charge on any atom is 0.308 e. The molecular formula is C27H52O10. The third-order valence-corrected chi connectivity index (χ3v) is 4.71. The number of esters is 2. The van der Waals surface area contributed by atoms with E-state index in [2.05, 4.69) is 6.92 Å². The second kappa shape index (κ2) is 26.3. The van der Waals surface area contributed by atoms with E-state index in [4.69, 9.17) is 37.9 Å². The fraction of sp³-hybridized carbons (Fsp3) is 0.926. The van der Waals surface area contributed by atoms with Crippen LogP contribution >= 0.6 is 0 Å². The molecule has 0 unspecified atom stereocenters. The number of ether oxygens (including phenoxy) is 8. The molecule has 0 spiro atoms. The van der Waals surface area contributed by atoms with Gasteiger partial charge in [-0.3, -0.25) is 9.59 Å². The van der Waals surface area contributed by atoms with Crippen LogP contribution in [0, 0.1) is 0 Å². The fourth-order valence-electron chi connectivity index (χ4n) is 2.91. The van der Waals surface area contributed by atoms with E-state index >= 15 is 0 Å². The van der Waals surface area contributed by atoms with Gasteiger partial charge in [0.05, 0.1) is 85.7 Å². The van der Waals surface area contributed by atoms with Crippen molar-refractivity contribution >= 4 is 11.9 Å². The van der Waals surface area contributed by atoms with Crippen molar-refractivity contribution in [3.63, 3.8) is 0 Å². The molecule has 37 heavy (non-hydrogen) atoms. The molecule has 0 heterocycles. The van der Waals surface area contributed by atoms with Gasteiger partial charge in [0.1, 0.15) is 12.2 Å². The zero-order valence-electron chi connectivity index (χ0n) is 23.7. The highest BCUT2D eigenvalue weighted by Gasteiger charge is 2.15. The number of hydrogen-bond acceptors (Lipinski definition) is 10. The largest absolute Gasteiger partial charge is 0.463 e. The Labute approximate surface area is 223 Å². The van der Waals surface area contributed by atoms with Gasteiger partial charge < -0.3 is 37.9 Å². The van der Waals surface area contributed by atoms with Crippen LogP contribution in [0.15, 0.2) is 0 Å². The Morgan fingerprint density at radius 3 is 1.32 bits per heavy atom. The van der Waals surface area contributed by atoms with Gasteiger partial charge in [-0.05, 0) is 27.2 Å². The van der Waals surface area contributed by atoms with Crippen molar-refractivity contribution in [2.24, 2.45) is 0 Å². The summed E-state index contributed by atoms with van der Waals surface area (Å²) in [4.78, 5) is 23.1. The van der Waals surface area contributed by atoms with Crippen molar-refractivity contribution in [1.29, 1.82) is 0 Å². The zero-order chi connectivity index (χ0) is 27.5. The lowest BCUT2D eigenvalue weighted by Crippen LogP contribution is -2.24. The zero-order valence-corrected chi connectivity index (χ0v) is 23.7. The molecule has 10 heteroatoms. The monoisotopic (exact) mass is 536 g/mol. The van der Waals surface area contributed by atoms with Crippen LogP contribution < -0.4 is 0 Å². The van der Waals surface area contributed by atoms with E-state index < -0.39 is 5.60 Å². The van der Waals surface area contributed by atoms with Crippen LogP contribution in [0.3, 0.4) is 0 Å². The average Bonchev–Trinajstić information content (AvgIpc) is 2.83. The van der Waals surface area contributed by atoms with E-state index in [-0.39, 0.29) is 25.0 Å². The van der Waals surface area contributed by atoms with Crippen LogP contribution in [-0.4, -0.2) is 103 Å². The summed E-state index contributed by atoms with van der Waals surface area (Å²) >= 11 is 0. The molecule has 0 aromatic heterocycles. The molecule has 0 bridgehead atoms. The highest BCUT2D eigenvalue weighted by molar-refractivity contribution is 5.70. The predicted molar refractivity (Wildman–Crippen MR) is 140 cm³/mol. The summed E-state index contributed by atoms with van der Waals surface area (Å²) in [7, 11) is 0. The molecule has 0 aromatic carbocycles. The molecule has 0 radical (unpaired) electrons. The Hall–Kier alpha value is -1.30. The van der Waals surface area contributed by atoms with Gasteiger partial charge in [0.15, 0.2) is 0 Å². The van der Waals surface area contributed by atoms with Crippen molar-refractivity contribution in [1.82, 2.24) is 0 Å². The van der Waals surface area contributed by atoms with Crippen LogP contribution in [0.1, 0.15) is 72.6 Å². The van der Waals surface area contributed by atoms with E-state index in [9.17, 15) is 9.59 Å². The molecule has 0 N–H and O–H groups in total. The minimum atomic E-state index is -0.470. The van der Waals surface area contributed by atoms with Crippen molar-refractivity contribution in [2.75, 3.05) is 85.9 Å². The molecule has 0 atom stereocenters. The SMILES string of the molecule is CCCCCCCC(=O)OCCOCCOCCOCCOCCOCCOCCC(=O)OC(C)(C)C. The molecule has 0 saturated carbocycles. The molecule has 0 rings (SSSR count). The molecule has 0 saturated heterocycles. The number of hydrogen-bond donors (Lipinski definition) is 0. The molecule has 0 fully saturated rings. The van der Waals surface area contributed by atoms with Gasteiger partial charge in [-0.15, -0.1) is 0 Å². The molecule has 220 valence electrons. The Kier molecular flexibility index (Phi) is 25.4. The second-order valence-electron chi connectivity index (χ2n) is 9.40. The van der Waals surface area contributed by atoms with Gasteiger partial charge in [-0.25, -0.2) is 0 Å². The molecule has 0 aliphatic rings. The first-order chi connectivity index (χ1) is 17.8. The lowest BCUT2D eigenvalue weighted by molar-refractivity contribution is -0.156. The quantitative estimate of drug-likeness (QED) is 0.114. The van der Waals surface area contributed by atoms with E-state index in [1.165, 1.54) is 19.3 Å². The highest BCUT2D eigenvalue weighted by atomic mass is 16.6. The van der Waals surface area contributed by atoms with Crippen LogP contribution in [0.4, 0.5) is 0 Å². The Bertz CT molecular complexity index is 522. The third kappa shape index (κ3) is 30.8. The number of rotatable bonds is 27. The second-order valence-corrected chi connectivity index (χ2v) is 9.40. The normalized spacial score (nSPS) is 11.6. The Morgan fingerprint density at radius 2 is 0.892 bits per heavy atom. The van der Waals surface area contributed by atoms with E-state index in [0.717, 1.165) is 12.8 Å². The van der Waals surface area contributed by atoms with E-state index in [1.807, 2.05) is 20.8 Å². The lowest BCUT2D eigenvalue weighted by Gasteiger charge is -2.19. The van der Waals surface area contributed by atoms with E-state index in [1.54, 1.807) is 0 Å². The summed E-state index contributed by atoms with van der Waals surface area (Å²) in [6, 6.07) is 0. The lowest BCUT2D eigenvalue weighted by atomic mass is 10.1. The van der Waals surface area contributed by atoms with Crippen LogP contribution in [0.5, 0.6) is 0 Å². The molecule has 0 aliphatic carbocycles. The fourth-order valence-corrected chi connectivity index (χ4v) is 2.91. The molecule has 0 aromatic rings. The van der Waals surface area contributed by atoms with Crippen molar-refractivity contribution in [2.45, 2.75) is 78.2 Å². The van der Waals surface area contributed by atoms with E-state index in [0.29, 0.717) is 85.7 Å². The first-order valence-corrected chi connectivity index (χ1v) is 13.7. The molecule has 0 aliphatic heterocycles. The van der Waals surface area contributed by atoms with Gasteiger partial charge in [-0.2, -0.15) is 0 Å².